The van der Waals surface area contributed by atoms with E-state index in [-0.39, 0.29) is 5.75 Å². The summed E-state index contributed by atoms with van der Waals surface area (Å²) in [6.45, 7) is 0. The number of carboxylic acids is 1. The van der Waals surface area contributed by atoms with Gasteiger partial charge in [0.1, 0.15) is 4.33 Å². The van der Waals surface area contributed by atoms with E-state index in [1.165, 1.54) is 13.2 Å². The lowest BCUT2D eigenvalue weighted by molar-refractivity contribution is -0.138. The molecule has 3 nitrogen and oxygen atoms in total. The molecule has 2 atom stereocenters. The SMILES string of the molecule is COc1c(F)cc([C@H]2[C@H](C(=O)O)C2(Cl)Cl)cc1Br. The van der Waals surface area contributed by atoms with Crippen molar-refractivity contribution in [3.63, 3.8) is 0 Å². The van der Waals surface area contributed by atoms with Crippen molar-refractivity contribution in [2.24, 2.45) is 5.92 Å². The average Bonchev–Trinajstić information content (AvgIpc) is 2.81. The largest absolute Gasteiger partial charge is 0.492 e. The molecule has 1 saturated carbocycles. The van der Waals surface area contributed by atoms with Crippen LogP contribution in [0.2, 0.25) is 0 Å². The molecule has 0 aliphatic heterocycles. The van der Waals surface area contributed by atoms with E-state index in [4.69, 9.17) is 33.0 Å². The molecule has 0 radical (unpaired) electrons. The Bertz CT molecular complexity index is 498. The van der Waals surface area contributed by atoms with E-state index in [2.05, 4.69) is 15.9 Å². The first-order valence-electron chi connectivity index (χ1n) is 4.94. The molecule has 18 heavy (non-hydrogen) atoms. The standard InChI is InChI=1S/C11H8BrCl2FO3/c1-18-9-5(12)2-4(3-6(9)15)7-8(10(16)17)11(7,13)14/h2-3,7-8H,1H3,(H,16,17)/t7-,8+/m0/s1. The molecule has 98 valence electrons. The van der Waals surface area contributed by atoms with Gasteiger partial charge in [0, 0.05) is 5.92 Å². The normalized spacial score (nSPS) is 24.7. The monoisotopic (exact) mass is 356 g/mol. The van der Waals surface area contributed by atoms with E-state index < -0.39 is 28.0 Å². The molecule has 1 aromatic rings. The molecule has 1 aromatic carbocycles. The van der Waals surface area contributed by atoms with Crippen molar-refractivity contribution >= 4 is 45.1 Å². The number of carbonyl (C=O) groups is 1. The van der Waals surface area contributed by atoms with Crippen LogP contribution in [0.25, 0.3) is 0 Å². The van der Waals surface area contributed by atoms with Crippen LogP contribution in [0.5, 0.6) is 5.75 Å². The molecule has 0 unspecified atom stereocenters. The van der Waals surface area contributed by atoms with Crippen molar-refractivity contribution in [2.45, 2.75) is 10.3 Å². The predicted octanol–water partition coefficient (Wildman–Crippen LogP) is 3.57. The smallest absolute Gasteiger partial charge is 0.310 e. The van der Waals surface area contributed by atoms with E-state index in [9.17, 15) is 9.18 Å². The van der Waals surface area contributed by atoms with Gasteiger partial charge in [-0.3, -0.25) is 4.79 Å². The zero-order chi connectivity index (χ0) is 13.7. The Hall–Kier alpha value is -0.520. The highest BCUT2D eigenvalue weighted by molar-refractivity contribution is 9.10. The second-order valence-corrected chi connectivity index (χ2v) is 6.28. The Balaban J connectivity index is 2.40. The maximum absolute atomic E-state index is 13.7. The van der Waals surface area contributed by atoms with E-state index >= 15 is 0 Å². The molecule has 1 aliphatic rings. The number of methoxy groups -OCH3 is 1. The van der Waals surface area contributed by atoms with Crippen molar-refractivity contribution in [3.8, 4) is 5.75 Å². The summed E-state index contributed by atoms with van der Waals surface area (Å²) in [5.74, 6) is -3.20. The summed E-state index contributed by atoms with van der Waals surface area (Å²) in [5, 5.41) is 8.96. The third kappa shape index (κ3) is 2.08. The van der Waals surface area contributed by atoms with E-state index in [1.807, 2.05) is 0 Å². The Kier molecular flexibility index (Phi) is 3.51. The lowest BCUT2D eigenvalue weighted by Crippen LogP contribution is -2.03. The molecule has 1 N–H and O–H groups in total. The van der Waals surface area contributed by atoms with Crippen molar-refractivity contribution in [1.82, 2.24) is 0 Å². The molecule has 0 aromatic heterocycles. The second-order valence-electron chi connectivity index (χ2n) is 3.99. The Morgan fingerprint density at radius 3 is 2.56 bits per heavy atom. The van der Waals surface area contributed by atoms with Gasteiger partial charge in [-0.25, -0.2) is 4.39 Å². The van der Waals surface area contributed by atoms with Gasteiger partial charge in [0.15, 0.2) is 11.6 Å². The molecular formula is C11H8BrCl2FO3. The average molecular weight is 358 g/mol. The minimum atomic E-state index is -1.40. The van der Waals surface area contributed by atoms with Crippen molar-refractivity contribution in [2.75, 3.05) is 7.11 Å². The van der Waals surface area contributed by atoms with E-state index in [1.54, 1.807) is 6.07 Å². The van der Waals surface area contributed by atoms with E-state index in [0.717, 1.165) is 0 Å². The predicted molar refractivity (Wildman–Crippen MR) is 69.0 cm³/mol. The van der Waals surface area contributed by atoms with Gasteiger partial charge in [0.25, 0.3) is 0 Å². The number of halogens is 4. The maximum Gasteiger partial charge on any atom is 0.310 e. The molecule has 1 fully saturated rings. The third-order valence-corrected chi connectivity index (χ3v) is 4.43. The number of benzene rings is 1. The van der Waals surface area contributed by atoms with Crippen LogP contribution in [0.3, 0.4) is 0 Å². The molecule has 7 heteroatoms. The van der Waals surface area contributed by atoms with Gasteiger partial charge in [-0.05, 0) is 33.6 Å². The summed E-state index contributed by atoms with van der Waals surface area (Å²) < 4.78 is 17.5. The van der Waals surface area contributed by atoms with Crippen LogP contribution in [-0.2, 0) is 4.79 Å². The van der Waals surface area contributed by atoms with Crippen LogP contribution >= 0.6 is 39.1 Å². The second kappa shape index (κ2) is 4.54. The van der Waals surface area contributed by atoms with Gasteiger partial charge in [-0.15, -0.1) is 0 Å². The fraction of sp³-hybridized carbons (Fsp3) is 0.364. The van der Waals surface area contributed by atoms with Crippen LogP contribution in [0.15, 0.2) is 16.6 Å². The van der Waals surface area contributed by atoms with Gasteiger partial charge in [0.05, 0.1) is 17.5 Å². The Morgan fingerprint density at radius 1 is 1.56 bits per heavy atom. The fourth-order valence-electron chi connectivity index (χ4n) is 2.00. The number of alkyl halides is 2. The zero-order valence-corrected chi connectivity index (χ0v) is 12.2. The number of hydrogen-bond donors (Lipinski definition) is 1. The van der Waals surface area contributed by atoms with Gasteiger partial charge in [-0.1, -0.05) is 23.2 Å². The van der Waals surface area contributed by atoms with E-state index in [0.29, 0.717) is 10.0 Å². The van der Waals surface area contributed by atoms with Crippen molar-refractivity contribution < 1.29 is 19.0 Å². The highest BCUT2D eigenvalue weighted by Crippen LogP contribution is 2.65. The molecular weight excluding hydrogens is 350 g/mol. The highest BCUT2D eigenvalue weighted by atomic mass is 79.9. The zero-order valence-electron chi connectivity index (χ0n) is 9.08. The lowest BCUT2D eigenvalue weighted by atomic mass is 10.1. The summed E-state index contributed by atoms with van der Waals surface area (Å²) in [4.78, 5) is 11.0. The summed E-state index contributed by atoms with van der Waals surface area (Å²) in [6.07, 6.45) is 0. The van der Waals surface area contributed by atoms with Gasteiger partial charge >= 0.3 is 5.97 Å². The number of aliphatic carboxylic acids is 1. The Labute approximate surface area is 121 Å². The van der Waals surface area contributed by atoms with Gasteiger partial charge in [-0.2, -0.15) is 0 Å². The molecule has 1 aliphatic carbocycles. The quantitative estimate of drug-likeness (QED) is 0.841. The van der Waals surface area contributed by atoms with Gasteiger partial charge < -0.3 is 9.84 Å². The lowest BCUT2D eigenvalue weighted by Gasteiger charge is -2.08. The highest BCUT2D eigenvalue weighted by Gasteiger charge is 2.68. The van der Waals surface area contributed by atoms with Crippen molar-refractivity contribution in [3.05, 3.63) is 28.0 Å². The molecule has 0 spiro atoms. The number of hydrogen-bond acceptors (Lipinski definition) is 2. The number of rotatable bonds is 3. The number of carboxylic acid groups (broad SMARTS) is 1. The summed E-state index contributed by atoms with van der Waals surface area (Å²) in [5.41, 5.74) is 0.428. The van der Waals surface area contributed by atoms with Crippen LogP contribution in [0, 0.1) is 11.7 Å². The van der Waals surface area contributed by atoms with Gasteiger partial charge in [0.2, 0.25) is 0 Å². The first kappa shape index (κ1) is 13.9. The molecule has 0 bridgehead atoms. The van der Waals surface area contributed by atoms with Crippen LogP contribution in [0.1, 0.15) is 11.5 Å². The first-order valence-corrected chi connectivity index (χ1v) is 6.49. The van der Waals surface area contributed by atoms with Crippen molar-refractivity contribution in [1.29, 1.82) is 0 Å². The summed E-state index contributed by atoms with van der Waals surface area (Å²) in [7, 11) is 1.34. The molecule has 0 heterocycles. The summed E-state index contributed by atoms with van der Waals surface area (Å²) >= 11 is 14.9. The summed E-state index contributed by atoms with van der Waals surface area (Å²) in [6, 6.07) is 2.76. The number of ether oxygens (including phenoxy) is 1. The minimum Gasteiger partial charge on any atom is -0.492 e. The third-order valence-electron chi connectivity index (χ3n) is 2.90. The van der Waals surface area contributed by atoms with Crippen LogP contribution in [-0.4, -0.2) is 22.5 Å². The van der Waals surface area contributed by atoms with Crippen LogP contribution < -0.4 is 4.74 Å². The molecule has 2 rings (SSSR count). The topological polar surface area (TPSA) is 46.5 Å². The molecule has 0 amide bonds. The molecule has 0 saturated heterocycles. The Morgan fingerprint density at radius 2 is 2.17 bits per heavy atom. The first-order chi connectivity index (χ1) is 8.30. The maximum atomic E-state index is 13.7. The fourth-order valence-corrected chi connectivity index (χ4v) is 3.44. The van der Waals surface area contributed by atoms with Crippen LogP contribution in [0.4, 0.5) is 4.39 Å². The minimum absolute atomic E-state index is 0.0565.